The predicted octanol–water partition coefficient (Wildman–Crippen LogP) is 4.47. The first-order valence-electron chi connectivity index (χ1n) is 5.78. The van der Waals surface area contributed by atoms with Gasteiger partial charge in [-0.2, -0.15) is 0 Å². The lowest BCUT2D eigenvalue weighted by atomic mass is 10.0. The normalized spacial score (nSPS) is 10.6. The Kier molecular flexibility index (Phi) is 24.8. The molecule has 0 saturated heterocycles. The predicted molar refractivity (Wildman–Crippen MR) is 74.1 cm³/mol. The monoisotopic (exact) mass is 211 g/mol. The Morgan fingerprint density at radius 1 is 1.27 bits per heavy atom. The molecule has 2 N–H and O–H groups in total. The van der Waals surface area contributed by atoms with Crippen molar-refractivity contribution in [3.05, 3.63) is 36.0 Å². The Morgan fingerprint density at radius 2 is 1.73 bits per heavy atom. The molecule has 0 radical (unpaired) electrons. The van der Waals surface area contributed by atoms with E-state index in [-0.39, 0.29) is 0 Å². The van der Waals surface area contributed by atoms with Gasteiger partial charge in [0.15, 0.2) is 0 Å². The Labute approximate surface area is 96.8 Å². The van der Waals surface area contributed by atoms with Gasteiger partial charge in [-0.25, -0.2) is 0 Å². The van der Waals surface area contributed by atoms with Gasteiger partial charge in [-0.1, -0.05) is 57.6 Å². The van der Waals surface area contributed by atoms with Crippen LogP contribution in [0.3, 0.4) is 0 Å². The standard InChI is InChI=1S/C11H18.C2H6.CH5N/c1-5-8-11(9-6-2)10(4)7-3;2*1-2/h5,7-8H,1,6,9H2,2-4H3;1-2H3;2H2,1H3/b10-7-,11-8-;;. The first kappa shape index (κ1) is 19.7. The number of allylic oxidation sites excluding steroid dienone is 5. The third kappa shape index (κ3) is 13.2. The number of nitrogens with two attached hydrogens (primary N) is 1. The highest BCUT2D eigenvalue weighted by atomic mass is 14.4. The van der Waals surface area contributed by atoms with Crippen molar-refractivity contribution < 1.29 is 0 Å². The van der Waals surface area contributed by atoms with Gasteiger partial charge >= 0.3 is 0 Å². The summed E-state index contributed by atoms with van der Waals surface area (Å²) in [7, 11) is 1.50. The molecule has 0 saturated carbocycles. The second-order valence-corrected chi connectivity index (χ2v) is 2.65. The minimum absolute atomic E-state index is 1.15. The summed E-state index contributed by atoms with van der Waals surface area (Å²) in [4.78, 5) is 0. The maximum absolute atomic E-state index is 4.50. The van der Waals surface area contributed by atoms with Crippen molar-refractivity contribution in [2.75, 3.05) is 7.05 Å². The van der Waals surface area contributed by atoms with Crippen molar-refractivity contribution >= 4 is 0 Å². The molecule has 0 amide bonds. The van der Waals surface area contributed by atoms with Crippen LogP contribution >= 0.6 is 0 Å². The summed E-state index contributed by atoms with van der Waals surface area (Å²) in [6.07, 6.45) is 8.45. The Morgan fingerprint density at radius 3 is 2.00 bits per heavy atom. The van der Waals surface area contributed by atoms with Gasteiger partial charge in [0, 0.05) is 0 Å². The molecular weight excluding hydrogens is 182 g/mol. The molecule has 0 aliphatic heterocycles. The highest BCUT2D eigenvalue weighted by molar-refractivity contribution is 5.31. The molecule has 0 aromatic rings. The molecule has 0 aliphatic rings. The van der Waals surface area contributed by atoms with Gasteiger partial charge in [-0.05, 0) is 32.9 Å². The largest absolute Gasteiger partial charge is 0.333 e. The molecule has 0 bridgehead atoms. The summed E-state index contributed by atoms with van der Waals surface area (Å²) in [6.45, 7) is 14.1. The average Bonchev–Trinajstić information content (AvgIpc) is 2.33. The van der Waals surface area contributed by atoms with Crippen LogP contribution in [0.5, 0.6) is 0 Å². The van der Waals surface area contributed by atoms with Crippen molar-refractivity contribution in [1.82, 2.24) is 0 Å². The highest BCUT2D eigenvalue weighted by Crippen LogP contribution is 2.14. The Balaban J connectivity index is -0.000000318. The molecule has 0 atom stereocenters. The van der Waals surface area contributed by atoms with Crippen LogP contribution in [0.4, 0.5) is 0 Å². The van der Waals surface area contributed by atoms with Gasteiger partial charge in [0.2, 0.25) is 0 Å². The molecule has 0 heterocycles. The molecule has 1 heteroatoms. The maximum Gasteiger partial charge on any atom is -0.0195 e. The smallest absolute Gasteiger partial charge is 0.0195 e. The fourth-order valence-electron chi connectivity index (χ4n) is 1.01. The van der Waals surface area contributed by atoms with Gasteiger partial charge in [-0.15, -0.1) is 0 Å². The van der Waals surface area contributed by atoms with Gasteiger partial charge in [0.25, 0.3) is 0 Å². The van der Waals surface area contributed by atoms with Crippen molar-refractivity contribution in [2.24, 2.45) is 5.73 Å². The van der Waals surface area contributed by atoms with Crippen molar-refractivity contribution in [2.45, 2.75) is 47.5 Å². The SMILES string of the molecule is C=C/C=C(CCC)\C(C)=C/C.CC.CN. The zero-order valence-electron chi connectivity index (χ0n) is 11.4. The molecule has 0 aromatic heterocycles. The van der Waals surface area contributed by atoms with Crippen LogP contribution in [-0.2, 0) is 0 Å². The van der Waals surface area contributed by atoms with Crippen molar-refractivity contribution in [3.63, 3.8) is 0 Å². The van der Waals surface area contributed by atoms with Crippen LogP contribution in [0.25, 0.3) is 0 Å². The fraction of sp³-hybridized carbons (Fsp3) is 0.571. The summed E-state index contributed by atoms with van der Waals surface area (Å²) in [6, 6.07) is 0. The molecule has 0 unspecified atom stereocenters. The number of hydrogen-bond donors (Lipinski definition) is 1. The Hall–Kier alpha value is -0.820. The number of hydrogen-bond acceptors (Lipinski definition) is 1. The molecule has 0 aromatic carbocycles. The van der Waals surface area contributed by atoms with E-state index in [1.165, 1.54) is 24.6 Å². The third-order valence-electron chi connectivity index (χ3n) is 1.78. The fourth-order valence-corrected chi connectivity index (χ4v) is 1.01. The van der Waals surface area contributed by atoms with Crippen LogP contribution in [0.15, 0.2) is 36.0 Å². The molecule has 15 heavy (non-hydrogen) atoms. The van der Waals surface area contributed by atoms with Gasteiger partial charge < -0.3 is 5.73 Å². The third-order valence-corrected chi connectivity index (χ3v) is 1.78. The topological polar surface area (TPSA) is 26.0 Å². The van der Waals surface area contributed by atoms with E-state index in [1.807, 2.05) is 19.9 Å². The zero-order chi connectivity index (χ0) is 12.7. The highest BCUT2D eigenvalue weighted by Gasteiger charge is 1.94. The van der Waals surface area contributed by atoms with Crippen molar-refractivity contribution in [3.8, 4) is 0 Å². The molecule has 0 spiro atoms. The van der Waals surface area contributed by atoms with Crippen molar-refractivity contribution in [1.29, 1.82) is 0 Å². The van der Waals surface area contributed by atoms with Crippen LogP contribution in [0.2, 0.25) is 0 Å². The second kappa shape index (κ2) is 18.9. The maximum atomic E-state index is 4.50. The van der Waals surface area contributed by atoms with E-state index in [0.29, 0.717) is 0 Å². The van der Waals surface area contributed by atoms with Gasteiger partial charge in [0.05, 0.1) is 0 Å². The molecule has 90 valence electrons. The minimum Gasteiger partial charge on any atom is -0.333 e. The van der Waals surface area contributed by atoms with Crippen LogP contribution in [0.1, 0.15) is 47.5 Å². The first-order chi connectivity index (χ1) is 7.26. The second-order valence-electron chi connectivity index (χ2n) is 2.65. The molecule has 0 fully saturated rings. The summed E-state index contributed by atoms with van der Waals surface area (Å²) in [5, 5.41) is 0. The average molecular weight is 211 g/mol. The minimum atomic E-state index is 1.15. The lowest BCUT2D eigenvalue weighted by Crippen LogP contribution is -1.83. The van der Waals surface area contributed by atoms with Gasteiger partial charge in [0.1, 0.15) is 0 Å². The molecule has 0 rings (SSSR count). The lowest BCUT2D eigenvalue weighted by Gasteiger charge is -2.03. The lowest BCUT2D eigenvalue weighted by molar-refractivity contribution is 0.911. The van der Waals surface area contributed by atoms with E-state index in [1.54, 1.807) is 0 Å². The summed E-state index contributed by atoms with van der Waals surface area (Å²) < 4.78 is 0. The van der Waals surface area contributed by atoms with E-state index in [2.05, 4.69) is 45.2 Å². The van der Waals surface area contributed by atoms with Crippen LogP contribution < -0.4 is 5.73 Å². The van der Waals surface area contributed by atoms with E-state index in [9.17, 15) is 0 Å². The van der Waals surface area contributed by atoms with E-state index in [4.69, 9.17) is 0 Å². The molecule has 1 nitrogen and oxygen atoms in total. The van der Waals surface area contributed by atoms with E-state index >= 15 is 0 Å². The quantitative estimate of drug-likeness (QED) is 0.682. The van der Waals surface area contributed by atoms with Gasteiger partial charge in [-0.3, -0.25) is 0 Å². The van der Waals surface area contributed by atoms with E-state index < -0.39 is 0 Å². The molecule has 0 aliphatic carbocycles. The number of rotatable bonds is 4. The zero-order valence-corrected chi connectivity index (χ0v) is 11.4. The summed E-state index contributed by atoms with van der Waals surface area (Å²) in [5.74, 6) is 0. The summed E-state index contributed by atoms with van der Waals surface area (Å²) >= 11 is 0. The van der Waals surface area contributed by atoms with Crippen LogP contribution in [-0.4, -0.2) is 7.05 Å². The summed E-state index contributed by atoms with van der Waals surface area (Å²) in [5.41, 5.74) is 7.27. The first-order valence-corrected chi connectivity index (χ1v) is 5.78. The molecular formula is C14H29N. The van der Waals surface area contributed by atoms with E-state index in [0.717, 1.165) is 6.42 Å². The van der Waals surface area contributed by atoms with Crippen LogP contribution in [0, 0.1) is 0 Å². The Bertz CT molecular complexity index is 176.